The summed E-state index contributed by atoms with van der Waals surface area (Å²) in [6.45, 7) is 3.25. The Morgan fingerprint density at radius 2 is 2.00 bits per heavy atom. The fourth-order valence-corrected chi connectivity index (χ4v) is 4.33. The van der Waals surface area contributed by atoms with Gasteiger partial charge in [-0.3, -0.25) is 33.6 Å². The summed E-state index contributed by atoms with van der Waals surface area (Å²) in [5.41, 5.74) is 3.81. The van der Waals surface area contributed by atoms with E-state index in [0.717, 1.165) is 26.1 Å². The molecule has 0 spiro atoms. The van der Waals surface area contributed by atoms with Crippen LogP contribution in [0.15, 0.2) is 32.0 Å². The second-order valence-electron chi connectivity index (χ2n) is 6.73. The molecule has 0 saturated carbocycles. The third kappa shape index (κ3) is 4.25. The van der Waals surface area contributed by atoms with E-state index in [9.17, 15) is 24.0 Å². The lowest BCUT2D eigenvalue weighted by atomic mass is 10.1. The van der Waals surface area contributed by atoms with E-state index in [1.807, 2.05) is 25.3 Å². The molecule has 9 nitrogen and oxygen atoms in total. The van der Waals surface area contributed by atoms with E-state index in [-0.39, 0.29) is 23.2 Å². The number of anilines is 1. The van der Waals surface area contributed by atoms with Gasteiger partial charge in [0.1, 0.15) is 11.4 Å². The summed E-state index contributed by atoms with van der Waals surface area (Å²) < 4.78 is 1.10. The number of nitrogens with zero attached hydrogens (tertiary/aromatic N) is 2. The lowest BCUT2D eigenvalue weighted by Crippen LogP contribution is -2.40. The minimum atomic E-state index is -0.946. The molecule has 2 aromatic heterocycles. The largest absolute Gasteiger partial charge is 0.384 e. The molecule has 0 unspecified atom stereocenters. The highest BCUT2D eigenvalue weighted by Crippen LogP contribution is 2.33. The number of H-pyrrole nitrogens is 1. The molecule has 2 aromatic rings. The second-order valence-corrected chi connectivity index (χ2v) is 8.70. The Labute approximate surface area is 173 Å². The van der Waals surface area contributed by atoms with Crippen molar-refractivity contribution in [1.82, 2.24) is 14.5 Å². The van der Waals surface area contributed by atoms with Crippen LogP contribution in [-0.4, -0.2) is 37.9 Å². The molecule has 29 heavy (non-hydrogen) atoms. The number of nitrogens with two attached hydrogens (primary N) is 1. The maximum absolute atomic E-state index is 12.7. The minimum Gasteiger partial charge on any atom is -0.384 e. The standard InChI is InChI=1S/C18H18N4O5S2/c1-9(2)7-21-14(19)13(15(24)20-17(21)26)11(23)8-22-16(25)12(29-18(22)27)6-10-4-3-5-28-10/h3-6,9H,7-8,19H2,1-2H3,(H,20,24,26)/b12-6-. The average Bonchev–Trinajstić information content (AvgIpc) is 3.22. The molecule has 0 bridgehead atoms. The number of carbonyl (C=O) groups excluding carboxylic acids is 3. The van der Waals surface area contributed by atoms with Crippen molar-refractivity contribution < 1.29 is 14.4 Å². The first kappa shape index (κ1) is 20.8. The topological polar surface area (TPSA) is 135 Å². The molecule has 0 aliphatic carbocycles. The lowest BCUT2D eigenvalue weighted by Gasteiger charge is -2.15. The van der Waals surface area contributed by atoms with Crippen molar-refractivity contribution in [2.45, 2.75) is 20.4 Å². The van der Waals surface area contributed by atoms with Gasteiger partial charge in [0.15, 0.2) is 5.78 Å². The highest BCUT2D eigenvalue weighted by molar-refractivity contribution is 8.18. The predicted octanol–water partition coefficient (Wildman–Crippen LogP) is 1.76. The van der Waals surface area contributed by atoms with Crippen molar-refractivity contribution in [3.8, 4) is 0 Å². The Bertz CT molecular complexity index is 1130. The van der Waals surface area contributed by atoms with Gasteiger partial charge < -0.3 is 5.73 Å². The Morgan fingerprint density at radius 1 is 1.28 bits per heavy atom. The molecule has 1 saturated heterocycles. The molecule has 1 fully saturated rings. The van der Waals surface area contributed by atoms with Gasteiger partial charge in [-0.05, 0) is 35.2 Å². The highest BCUT2D eigenvalue weighted by Gasteiger charge is 2.37. The number of nitrogens with one attached hydrogen (secondary N) is 1. The molecular weight excluding hydrogens is 416 g/mol. The number of thiophene rings is 1. The number of aromatic amines is 1. The van der Waals surface area contributed by atoms with Gasteiger partial charge in [-0.15, -0.1) is 11.3 Å². The summed E-state index contributed by atoms with van der Waals surface area (Å²) in [6, 6.07) is 3.60. The van der Waals surface area contributed by atoms with E-state index < -0.39 is 40.3 Å². The van der Waals surface area contributed by atoms with Crippen LogP contribution in [0, 0.1) is 5.92 Å². The first-order valence-electron chi connectivity index (χ1n) is 8.63. The Morgan fingerprint density at radius 3 is 2.62 bits per heavy atom. The van der Waals surface area contributed by atoms with Crippen molar-refractivity contribution in [3.05, 3.63) is 53.7 Å². The van der Waals surface area contributed by atoms with Crippen molar-refractivity contribution in [2.24, 2.45) is 5.92 Å². The first-order valence-corrected chi connectivity index (χ1v) is 10.3. The van der Waals surface area contributed by atoms with E-state index in [4.69, 9.17) is 5.73 Å². The van der Waals surface area contributed by atoms with Crippen LogP contribution in [0.2, 0.25) is 0 Å². The number of carbonyl (C=O) groups is 3. The van der Waals surface area contributed by atoms with Crippen molar-refractivity contribution in [1.29, 1.82) is 0 Å². The van der Waals surface area contributed by atoms with Gasteiger partial charge in [0.05, 0.1) is 11.4 Å². The van der Waals surface area contributed by atoms with Crippen LogP contribution in [-0.2, 0) is 11.3 Å². The van der Waals surface area contributed by atoms with Crippen LogP contribution in [0.1, 0.15) is 29.1 Å². The summed E-state index contributed by atoms with van der Waals surface area (Å²) in [5.74, 6) is -1.68. The number of Topliss-reactive ketones (excluding diaryl/α,β-unsaturated/α-hetero) is 1. The molecule has 0 aromatic carbocycles. The van der Waals surface area contributed by atoms with Crippen molar-refractivity contribution in [3.63, 3.8) is 0 Å². The molecule has 0 radical (unpaired) electrons. The van der Waals surface area contributed by atoms with Crippen LogP contribution in [0.3, 0.4) is 0 Å². The third-order valence-electron chi connectivity index (χ3n) is 4.06. The Balaban J connectivity index is 1.89. The average molecular weight is 434 g/mol. The first-order chi connectivity index (χ1) is 13.7. The van der Waals surface area contributed by atoms with Crippen LogP contribution in [0.25, 0.3) is 6.08 Å². The summed E-state index contributed by atoms with van der Waals surface area (Å²) in [7, 11) is 0. The quantitative estimate of drug-likeness (QED) is 0.522. The molecule has 3 heterocycles. The second kappa shape index (κ2) is 8.21. The number of nitrogen functional groups attached to an aromatic ring is 1. The fourth-order valence-electron chi connectivity index (χ4n) is 2.77. The molecule has 1 aliphatic rings. The summed E-state index contributed by atoms with van der Waals surface area (Å²) in [6.07, 6.45) is 1.57. The molecule has 152 valence electrons. The Hall–Kier alpha value is -2.92. The molecule has 1 aliphatic heterocycles. The monoisotopic (exact) mass is 434 g/mol. The molecule has 2 amide bonds. The fraction of sp³-hybridized carbons (Fsp3) is 0.278. The molecular formula is C18H18N4O5S2. The minimum absolute atomic E-state index is 0.0342. The molecule has 3 N–H and O–H groups in total. The maximum atomic E-state index is 12.7. The molecule has 11 heteroatoms. The Kier molecular flexibility index (Phi) is 5.89. The van der Waals surface area contributed by atoms with Crippen LogP contribution in [0.4, 0.5) is 10.6 Å². The SMILES string of the molecule is CC(C)Cn1c(N)c(C(=O)CN2C(=O)S/C(=C\c3cccs3)C2=O)c(=O)[nH]c1=O. The smallest absolute Gasteiger partial charge is 0.329 e. The number of aromatic nitrogens is 2. The van der Waals surface area contributed by atoms with E-state index in [1.54, 1.807) is 12.1 Å². The number of thioether (sulfide) groups is 1. The van der Waals surface area contributed by atoms with Gasteiger partial charge >= 0.3 is 5.69 Å². The predicted molar refractivity (Wildman–Crippen MR) is 112 cm³/mol. The van der Waals surface area contributed by atoms with E-state index in [2.05, 4.69) is 4.98 Å². The van der Waals surface area contributed by atoms with Crippen molar-refractivity contribution >= 4 is 51.9 Å². The third-order valence-corrected chi connectivity index (χ3v) is 5.78. The summed E-state index contributed by atoms with van der Waals surface area (Å²) >= 11 is 2.12. The molecule has 3 rings (SSSR count). The number of hydrogen-bond donors (Lipinski definition) is 2. The van der Waals surface area contributed by atoms with Gasteiger partial charge in [-0.2, -0.15) is 0 Å². The summed E-state index contributed by atoms with van der Waals surface area (Å²) in [4.78, 5) is 65.5. The zero-order valence-corrected chi connectivity index (χ0v) is 17.3. The van der Waals surface area contributed by atoms with Crippen LogP contribution < -0.4 is 17.0 Å². The molecule has 0 atom stereocenters. The highest BCUT2D eigenvalue weighted by atomic mass is 32.2. The van der Waals surface area contributed by atoms with Gasteiger partial charge in [0.2, 0.25) is 0 Å². The maximum Gasteiger partial charge on any atom is 0.329 e. The normalized spacial score (nSPS) is 15.7. The lowest BCUT2D eigenvalue weighted by molar-refractivity contribution is -0.122. The van der Waals surface area contributed by atoms with Gasteiger partial charge in [0.25, 0.3) is 16.7 Å². The number of rotatable bonds is 6. The van der Waals surface area contributed by atoms with E-state index in [1.165, 1.54) is 11.3 Å². The van der Waals surface area contributed by atoms with Crippen LogP contribution in [0.5, 0.6) is 0 Å². The van der Waals surface area contributed by atoms with Gasteiger partial charge in [-0.1, -0.05) is 19.9 Å². The van der Waals surface area contributed by atoms with Gasteiger partial charge in [0, 0.05) is 11.4 Å². The number of hydrogen-bond acceptors (Lipinski definition) is 8. The van der Waals surface area contributed by atoms with E-state index in [0.29, 0.717) is 0 Å². The zero-order chi connectivity index (χ0) is 21.3. The van der Waals surface area contributed by atoms with Crippen molar-refractivity contribution in [2.75, 3.05) is 12.3 Å². The van der Waals surface area contributed by atoms with E-state index >= 15 is 0 Å². The zero-order valence-electron chi connectivity index (χ0n) is 15.6. The number of amides is 2. The van der Waals surface area contributed by atoms with Crippen LogP contribution >= 0.6 is 23.1 Å². The number of ketones is 1. The summed E-state index contributed by atoms with van der Waals surface area (Å²) in [5, 5.41) is 1.22. The van der Waals surface area contributed by atoms with Gasteiger partial charge in [-0.25, -0.2) is 4.79 Å². The number of imide groups is 1.